The van der Waals surface area contributed by atoms with Crippen LogP contribution in [0.1, 0.15) is 35.4 Å². The number of benzene rings is 3. The van der Waals surface area contributed by atoms with Gasteiger partial charge in [-0.15, -0.1) is 0 Å². The molecule has 0 N–H and O–H groups in total. The summed E-state index contributed by atoms with van der Waals surface area (Å²) < 4.78 is 11.0. The van der Waals surface area contributed by atoms with Crippen LogP contribution in [-0.4, -0.2) is 19.3 Å². The average molecular weight is 373 g/mol. The van der Waals surface area contributed by atoms with E-state index in [2.05, 4.69) is 84.9 Å². The molecule has 2 atom stereocenters. The zero-order valence-electron chi connectivity index (χ0n) is 16.3. The van der Waals surface area contributed by atoms with Gasteiger partial charge in [-0.2, -0.15) is 0 Å². The molecule has 0 aromatic heterocycles. The lowest BCUT2D eigenvalue weighted by molar-refractivity contribution is 0.263. The first kappa shape index (κ1) is 18.8. The normalized spacial score (nSPS) is 16.5. The summed E-state index contributed by atoms with van der Waals surface area (Å²) in [6.45, 7) is 1.49. The van der Waals surface area contributed by atoms with Gasteiger partial charge in [0.25, 0.3) is 0 Å². The Balaban J connectivity index is 1.37. The molecule has 0 bridgehead atoms. The van der Waals surface area contributed by atoms with Crippen LogP contribution in [0.2, 0.25) is 0 Å². The first-order chi connectivity index (χ1) is 13.9. The molecule has 0 saturated carbocycles. The van der Waals surface area contributed by atoms with Gasteiger partial charge < -0.3 is 9.47 Å². The highest BCUT2D eigenvalue weighted by Crippen LogP contribution is 2.27. The predicted octanol–water partition coefficient (Wildman–Crippen LogP) is 5.81. The van der Waals surface area contributed by atoms with Gasteiger partial charge in [0, 0.05) is 0 Å². The van der Waals surface area contributed by atoms with Crippen LogP contribution in [0, 0.1) is 0 Å². The molecule has 2 unspecified atom stereocenters. The molecule has 1 aliphatic heterocycles. The first-order valence-electron chi connectivity index (χ1n) is 10.3. The molecule has 144 valence electrons. The van der Waals surface area contributed by atoms with Crippen molar-refractivity contribution in [3.8, 4) is 5.75 Å². The molecular weight excluding hydrogens is 344 g/mol. The number of aryl methyl sites for hydroxylation is 1. The minimum absolute atomic E-state index is 0.298. The Morgan fingerprint density at radius 2 is 1.50 bits per heavy atom. The number of hydrogen-bond acceptors (Lipinski definition) is 2. The van der Waals surface area contributed by atoms with Crippen LogP contribution >= 0.6 is 0 Å². The SMILES string of the molecule is c1ccc(CCCC(Cc2ccc(OCC3CO3)cc2)c2ccccc2)cc1. The number of ether oxygens (including phenoxy) is 2. The van der Waals surface area contributed by atoms with Gasteiger partial charge in [-0.1, -0.05) is 72.8 Å². The van der Waals surface area contributed by atoms with Crippen molar-refractivity contribution in [3.05, 3.63) is 102 Å². The zero-order valence-corrected chi connectivity index (χ0v) is 16.3. The Labute approximate surface area is 168 Å². The van der Waals surface area contributed by atoms with E-state index in [0.29, 0.717) is 18.6 Å². The summed E-state index contributed by atoms with van der Waals surface area (Å²) in [5, 5.41) is 0. The predicted molar refractivity (Wildman–Crippen MR) is 114 cm³/mol. The molecule has 3 aromatic carbocycles. The van der Waals surface area contributed by atoms with E-state index in [1.807, 2.05) is 0 Å². The minimum atomic E-state index is 0.298. The molecule has 3 aromatic rings. The van der Waals surface area contributed by atoms with Crippen LogP contribution in [-0.2, 0) is 17.6 Å². The van der Waals surface area contributed by atoms with E-state index in [1.54, 1.807) is 0 Å². The second kappa shape index (κ2) is 9.57. The van der Waals surface area contributed by atoms with E-state index in [9.17, 15) is 0 Å². The minimum Gasteiger partial charge on any atom is -0.491 e. The van der Waals surface area contributed by atoms with Crippen molar-refractivity contribution >= 4 is 0 Å². The van der Waals surface area contributed by atoms with E-state index in [0.717, 1.165) is 25.2 Å². The topological polar surface area (TPSA) is 21.8 Å². The molecular formula is C26H28O2. The van der Waals surface area contributed by atoms with Gasteiger partial charge >= 0.3 is 0 Å². The van der Waals surface area contributed by atoms with Gasteiger partial charge in [0.05, 0.1) is 6.61 Å². The molecule has 1 saturated heterocycles. The summed E-state index contributed by atoms with van der Waals surface area (Å²) in [7, 11) is 0. The molecule has 0 radical (unpaired) electrons. The highest BCUT2D eigenvalue weighted by atomic mass is 16.6. The number of epoxide rings is 1. The van der Waals surface area contributed by atoms with Crippen LogP contribution in [0.5, 0.6) is 5.75 Å². The molecule has 1 fully saturated rings. The summed E-state index contributed by atoms with van der Waals surface area (Å²) in [5.74, 6) is 1.47. The fraction of sp³-hybridized carbons (Fsp3) is 0.308. The van der Waals surface area contributed by atoms with E-state index in [4.69, 9.17) is 9.47 Å². The summed E-state index contributed by atoms with van der Waals surface area (Å²) in [4.78, 5) is 0. The monoisotopic (exact) mass is 372 g/mol. The molecule has 1 aliphatic rings. The molecule has 0 amide bonds. The standard InChI is InChI=1S/C26H28O2/c1-3-8-21(9-4-1)10-7-13-24(23-11-5-2-6-12-23)18-22-14-16-25(17-15-22)27-19-26-20-28-26/h1-6,8-9,11-12,14-17,24,26H,7,10,13,18-20H2. The highest BCUT2D eigenvalue weighted by Gasteiger charge is 2.23. The zero-order chi connectivity index (χ0) is 19.0. The smallest absolute Gasteiger partial charge is 0.119 e. The van der Waals surface area contributed by atoms with Gasteiger partial charge in [0.15, 0.2) is 0 Å². The second-order valence-electron chi connectivity index (χ2n) is 7.60. The van der Waals surface area contributed by atoms with E-state index >= 15 is 0 Å². The number of rotatable bonds is 10. The van der Waals surface area contributed by atoms with Crippen LogP contribution in [0.4, 0.5) is 0 Å². The largest absolute Gasteiger partial charge is 0.491 e. The van der Waals surface area contributed by atoms with Gasteiger partial charge in [0.1, 0.15) is 18.5 Å². The van der Waals surface area contributed by atoms with Crippen LogP contribution < -0.4 is 4.74 Å². The molecule has 0 aliphatic carbocycles. The molecule has 1 heterocycles. The Hall–Kier alpha value is -2.58. The Kier molecular flexibility index (Phi) is 6.41. The maximum Gasteiger partial charge on any atom is 0.119 e. The van der Waals surface area contributed by atoms with Crippen molar-refractivity contribution in [3.63, 3.8) is 0 Å². The highest BCUT2D eigenvalue weighted by molar-refractivity contribution is 5.30. The quantitative estimate of drug-likeness (QED) is 0.419. The lowest BCUT2D eigenvalue weighted by Crippen LogP contribution is -2.05. The summed E-state index contributed by atoms with van der Waals surface area (Å²) in [6, 6.07) is 30.3. The second-order valence-corrected chi connectivity index (χ2v) is 7.60. The van der Waals surface area contributed by atoms with Crippen molar-refractivity contribution in [2.24, 2.45) is 0 Å². The van der Waals surface area contributed by atoms with Crippen LogP contribution in [0.3, 0.4) is 0 Å². The number of hydrogen-bond donors (Lipinski definition) is 0. The van der Waals surface area contributed by atoms with Gasteiger partial charge in [0.2, 0.25) is 0 Å². The van der Waals surface area contributed by atoms with Crippen molar-refractivity contribution in [1.82, 2.24) is 0 Å². The maximum absolute atomic E-state index is 5.76. The van der Waals surface area contributed by atoms with Crippen molar-refractivity contribution in [2.45, 2.75) is 37.7 Å². The van der Waals surface area contributed by atoms with Crippen LogP contribution in [0.25, 0.3) is 0 Å². The fourth-order valence-corrected chi connectivity index (χ4v) is 3.67. The maximum atomic E-state index is 5.76. The third-order valence-corrected chi connectivity index (χ3v) is 5.38. The summed E-state index contributed by atoms with van der Waals surface area (Å²) >= 11 is 0. The first-order valence-corrected chi connectivity index (χ1v) is 10.3. The molecule has 4 rings (SSSR count). The lowest BCUT2D eigenvalue weighted by Gasteiger charge is -2.18. The lowest BCUT2D eigenvalue weighted by atomic mass is 9.87. The van der Waals surface area contributed by atoms with Crippen LogP contribution in [0.15, 0.2) is 84.9 Å². The molecule has 2 heteroatoms. The summed E-state index contributed by atoms with van der Waals surface area (Å²) in [5.41, 5.74) is 4.22. The summed E-state index contributed by atoms with van der Waals surface area (Å²) in [6.07, 6.45) is 4.89. The third-order valence-electron chi connectivity index (χ3n) is 5.38. The van der Waals surface area contributed by atoms with Gasteiger partial charge in [-0.05, 0) is 60.4 Å². The third kappa shape index (κ3) is 5.71. The Morgan fingerprint density at radius 1 is 0.821 bits per heavy atom. The van der Waals surface area contributed by atoms with Gasteiger partial charge in [-0.25, -0.2) is 0 Å². The van der Waals surface area contributed by atoms with Crippen molar-refractivity contribution < 1.29 is 9.47 Å². The molecule has 0 spiro atoms. The van der Waals surface area contributed by atoms with Gasteiger partial charge in [-0.3, -0.25) is 0 Å². The Bertz CT molecular complexity index is 823. The molecule has 28 heavy (non-hydrogen) atoms. The molecule has 2 nitrogen and oxygen atoms in total. The van der Waals surface area contributed by atoms with Crippen molar-refractivity contribution in [1.29, 1.82) is 0 Å². The van der Waals surface area contributed by atoms with E-state index < -0.39 is 0 Å². The Morgan fingerprint density at radius 3 is 2.18 bits per heavy atom. The average Bonchev–Trinajstić information content (AvgIpc) is 3.58. The van der Waals surface area contributed by atoms with E-state index in [-0.39, 0.29) is 0 Å². The van der Waals surface area contributed by atoms with Crippen molar-refractivity contribution in [2.75, 3.05) is 13.2 Å². The fourth-order valence-electron chi connectivity index (χ4n) is 3.67. The van der Waals surface area contributed by atoms with E-state index in [1.165, 1.54) is 29.5 Å².